The summed E-state index contributed by atoms with van der Waals surface area (Å²) < 4.78 is 0. The Morgan fingerprint density at radius 3 is 2.67 bits per heavy atom. The second-order valence-corrected chi connectivity index (χ2v) is 4.47. The van der Waals surface area contributed by atoms with E-state index in [1.54, 1.807) is 0 Å². The number of benzene rings is 2. The summed E-state index contributed by atoms with van der Waals surface area (Å²) in [5, 5.41) is 6.27. The summed E-state index contributed by atoms with van der Waals surface area (Å²) in [6, 6.07) is 13.6. The molecule has 0 radical (unpaired) electrons. The molecule has 15 heavy (non-hydrogen) atoms. The summed E-state index contributed by atoms with van der Waals surface area (Å²) in [5.74, 6) is 0.615. The van der Waals surface area contributed by atoms with Gasteiger partial charge in [0.05, 0.1) is 0 Å². The number of fused-ring (bicyclic) bond motifs is 3. The van der Waals surface area contributed by atoms with Gasteiger partial charge >= 0.3 is 0 Å². The second kappa shape index (κ2) is 2.99. The summed E-state index contributed by atoms with van der Waals surface area (Å²) >= 11 is 0. The van der Waals surface area contributed by atoms with Gasteiger partial charge in [-0.3, -0.25) is 0 Å². The van der Waals surface area contributed by atoms with Gasteiger partial charge in [-0.25, -0.2) is 0 Å². The minimum atomic E-state index is 0.547. The first-order valence-corrected chi connectivity index (χ1v) is 5.55. The molecule has 1 heteroatoms. The maximum absolute atomic E-state index is 3.59. The number of rotatable bonds is 0. The van der Waals surface area contributed by atoms with Crippen LogP contribution in [0.2, 0.25) is 0 Å². The molecule has 3 rings (SSSR count). The molecule has 1 N–H and O–H groups in total. The Bertz CT molecular complexity index is 516. The van der Waals surface area contributed by atoms with E-state index < -0.39 is 0 Å². The molecule has 76 valence electrons. The fourth-order valence-electron chi connectivity index (χ4n) is 2.45. The Hall–Kier alpha value is -1.50. The van der Waals surface area contributed by atoms with Crippen molar-refractivity contribution in [1.82, 2.24) is 0 Å². The van der Waals surface area contributed by atoms with Crippen LogP contribution >= 0.6 is 0 Å². The SMILES string of the molecule is C[C@H]1Nc2c(ccc3ccccc23)[C@@H]1C. The smallest absolute Gasteiger partial charge is 0.0458 e. The fourth-order valence-corrected chi connectivity index (χ4v) is 2.45. The van der Waals surface area contributed by atoms with Crippen molar-refractivity contribution in [3.05, 3.63) is 42.0 Å². The maximum atomic E-state index is 3.59. The second-order valence-electron chi connectivity index (χ2n) is 4.47. The third kappa shape index (κ3) is 1.16. The van der Waals surface area contributed by atoms with E-state index in [1.807, 2.05) is 0 Å². The molecule has 1 nitrogen and oxygen atoms in total. The van der Waals surface area contributed by atoms with E-state index in [4.69, 9.17) is 0 Å². The molecule has 0 unspecified atom stereocenters. The molecule has 0 bridgehead atoms. The van der Waals surface area contributed by atoms with Crippen LogP contribution in [0.1, 0.15) is 25.3 Å². The van der Waals surface area contributed by atoms with Crippen molar-refractivity contribution >= 4 is 16.5 Å². The third-order valence-corrected chi connectivity index (χ3v) is 3.57. The van der Waals surface area contributed by atoms with Gasteiger partial charge < -0.3 is 5.32 Å². The zero-order valence-corrected chi connectivity index (χ0v) is 9.12. The molecule has 0 spiro atoms. The van der Waals surface area contributed by atoms with Crippen LogP contribution in [0.5, 0.6) is 0 Å². The van der Waals surface area contributed by atoms with Crippen molar-refractivity contribution < 1.29 is 0 Å². The molecule has 0 aliphatic carbocycles. The molecule has 1 aliphatic heterocycles. The van der Waals surface area contributed by atoms with E-state index in [2.05, 4.69) is 55.6 Å². The summed E-state index contributed by atoms with van der Waals surface area (Å²) in [7, 11) is 0. The summed E-state index contributed by atoms with van der Waals surface area (Å²) in [4.78, 5) is 0. The predicted molar refractivity (Wildman–Crippen MR) is 65.4 cm³/mol. The van der Waals surface area contributed by atoms with Gasteiger partial charge in [-0.2, -0.15) is 0 Å². The van der Waals surface area contributed by atoms with Crippen molar-refractivity contribution in [3.63, 3.8) is 0 Å². The van der Waals surface area contributed by atoms with Gasteiger partial charge in [0.2, 0.25) is 0 Å². The number of nitrogens with one attached hydrogen (secondary N) is 1. The fraction of sp³-hybridized carbons (Fsp3) is 0.286. The zero-order chi connectivity index (χ0) is 10.4. The Kier molecular flexibility index (Phi) is 1.75. The average Bonchev–Trinajstić information content (AvgIpc) is 2.56. The predicted octanol–water partition coefficient (Wildman–Crippen LogP) is 3.76. The van der Waals surface area contributed by atoms with Gasteiger partial charge in [0, 0.05) is 23.0 Å². The number of anilines is 1. The summed E-state index contributed by atoms with van der Waals surface area (Å²) in [6.45, 7) is 4.54. The normalized spacial score (nSPS) is 23.9. The Labute approximate surface area is 90.1 Å². The molecule has 2 aromatic rings. The Morgan fingerprint density at radius 2 is 1.80 bits per heavy atom. The third-order valence-electron chi connectivity index (χ3n) is 3.57. The highest BCUT2D eigenvalue weighted by Gasteiger charge is 2.25. The van der Waals surface area contributed by atoms with Gasteiger partial charge in [-0.15, -0.1) is 0 Å². The highest BCUT2D eigenvalue weighted by molar-refractivity contribution is 5.96. The topological polar surface area (TPSA) is 12.0 Å². The van der Waals surface area contributed by atoms with Gasteiger partial charge in [-0.05, 0) is 17.9 Å². The lowest BCUT2D eigenvalue weighted by Crippen LogP contribution is -2.12. The molecular formula is C14H15N. The summed E-state index contributed by atoms with van der Waals surface area (Å²) in [5.41, 5.74) is 2.80. The van der Waals surface area contributed by atoms with E-state index in [9.17, 15) is 0 Å². The van der Waals surface area contributed by atoms with Crippen molar-refractivity contribution in [3.8, 4) is 0 Å². The standard InChI is InChI=1S/C14H15N/c1-9-10(2)15-14-12(9)8-7-11-5-3-4-6-13(11)14/h3-10,15H,1-2H3/t9-,10-/m1/s1. The molecule has 0 amide bonds. The Morgan fingerprint density at radius 1 is 1.00 bits per heavy atom. The largest absolute Gasteiger partial charge is 0.381 e. The average molecular weight is 197 g/mol. The van der Waals surface area contributed by atoms with Crippen LogP contribution in [0.25, 0.3) is 10.8 Å². The van der Waals surface area contributed by atoms with E-state index in [-0.39, 0.29) is 0 Å². The van der Waals surface area contributed by atoms with E-state index in [1.165, 1.54) is 22.0 Å². The Balaban J connectivity index is 2.33. The van der Waals surface area contributed by atoms with Crippen molar-refractivity contribution in [2.24, 2.45) is 0 Å². The van der Waals surface area contributed by atoms with E-state index in [0.29, 0.717) is 12.0 Å². The lowest BCUT2D eigenvalue weighted by atomic mass is 9.96. The molecule has 1 heterocycles. The van der Waals surface area contributed by atoms with Crippen LogP contribution in [-0.4, -0.2) is 6.04 Å². The molecule has 0 saturated carbocycles. The van der Waals surface area contributed by atoms with E-state index in [0.717, 1.165) is 0 Å². The summed E-state index contributed by atoms with van der Waals surface area (Å²) in [6.07, 6.45) is 0. The van der Waals surface area contributed by atoms with Crippen molar-refractivity contribution in [2.75, 3.05) is 5.32 Å². The molecule has 2 atom stereocenters. The molecule has 0 aromatic heterocycles. The maximum Gasteiger partial charge on any atom is 0.0458 e. The minimum absolute atomic E-state index is 0.547. The van der Waals surface area contributed by atoms with Crippen LogP contribution in [0.4, 0.5) is 5.69 Å². The molecular weight excluding hydrogens is 182 g/mol. The van der Waals surface area contributed by atoms with Crippen molar-refractivity contribution in [1.29, 1.82) is 0 Å². The van der Waals surface area contributed by atoms with Crippen LogP contribution in [-0.2, 0) is 0 Å². The van der Waals surface area contributed by atoms with Crippen LogP contribution in [0.15, 0.2) is 36.4 Å². The van der Waals surface area contributed by atoms with Gasteiger partial charge in [-0.1, -0.05) is 43.3 Å². The quantitative estimate of drug-likeness (QED) is 0.678. The van der Waals surface area contributed by atoms with E-state index >= 15 is 0 Å². The molecule has 0 saturated heterocycles. The van der Waals surface area contributed by atoms with Gasteiger partial charge in [0.1, 0.15) is 0 Å². The molecule has 2 aromatic carbocycles. The lowest BCUT2D eigenvalue weighted by molar-refractivity contribution is 0.690. The van der Waals surface area contributed by atoms with Crippen LogP contribution in [0, 0.1) is 0 Å². The molecule has 0 fully saturated rings. The monoisotopic (exact) mass is 197 g/mol. The zero-order valence-electron chi connectivity index (χ0n) is 9.12. The first-order chi connectivity index (χ1) is 7.27. The highest BCUT2D eigenvalue weighted by atomic mass is 15.0. The van der Waals surface area contributed by atoms with Crippen LogP contribution in [0.3, 0.4) is 0 Å². The van der Waals surface area contributed by atoms with Crippen molar-refractivity contribution in [2.45, 2.75) is 25.8 Å². The minimum Gasteiger partial charge on any atom is -0.381 e. The molecule has 1 aliphatic rings. The first-order valence-electron chi connectivity index (χ1n) is 5.55. The lowest BCUT2D eigenvalue weighted by Gasteiger charge is -2.08. The van der Waals surface area contributed by atoms with Crippen LogP contribution < -0.4 is 5.32 Å². The van der Waals surface area contributed by atoms with Gasteiger partial charge in [0.15, 0.2) is 0 Å². The number of hydrogen-bond acceptors (Lipinski definition) is 1. The van der Waals surface area contributed by atoms with Gasteiger partial charge in [0.25, 0.3) is 0 Å². The highest BCUT2D eigenvalue weighted by Crippen LogP contribution is 2.40. The first kappa shape index (κ1) is 8.78. The number of hydrogen-bond donors (Lipinski definition) is 1.